The Bertz CT molecular complexity index is 273. The first-order valence-electron chi connectivity index (χ1n) is 4.22. The molecule has 0 fully saturated rings. The highest BCUT2D eigenvalue weighted by Crippen LogP contribution is 2.10. The van der Waals surface area contributed by atoms with Gasteiger partial charge in [0, 0.05) is 12.6 Å². The van der Waals surface area contributed by atoms with E-state index in [0.29, 0.717) is 5.88 Å². The van der Waals surface area contributed by atoms with Gasteiger partial charge in [0.05, 0.1) is 7.11 Å². The van der Waals surface area contributed by atoms with Gasteiger partial charge in [0.2, 0.25) is 5.88 Å². The van der Waals surface area contributed by atoms with E-state index in [1.165, 1.54) is 0 Å². The SMILES string of the molecule is C=CCCNc1cccc(OC)n1. The molecule has 1 heterocycles. The van der Waals surface area contributed by atoms with Crippen LogP contribution in [0.2, 0.25) is 0 Å². The number of nitrogens with zero attached hydrogens (tertiary/aromatic N) is 1. The normalized spacial score (nSPS) is 9.31. The Kier molecular flexibility index (Phi) is 3.82. The molecule has 0 saturated heterocycles. The molecule has 1 rings (SSSR count). The molecule has 1 aromatic heterocycles. The lowest BCUT2D eigenvalue weighted by molar-refractivity contribution is 0.398. The van der Waals surface area contributed by atoms with Crippen molar-refractivity contribution < 1.29 is 4.74 Å². The van der Waals surface area contributed by atoms with Gasteiger partial charge in [0.25, 0.3) is 0 Å². The molecule has 1 N–H and O–H groups in total. The molecule has 13 heavy (non-hydrogen) atoms. The molecule has 0 saturated carbocycles. The number of pyridine rings is 1. The number of aromatic nitrogens is 1. The van der Waals surface area contributed by atoms with Crippen molar-refractivity contribution in [2.45, 2.75) is 6.42 Å². The second-order valence-electron chi connectivity index (χ2n) is 2.57. The third kappa shape index (κ3) is 3.15. The fraction of sp³-hybridized carbons (Fsp3) is 0.300. The highest BCUT2D eigenvalue weighted by molar-refractivity contribution is 5.36. The van der Waals surface area contributed by atoms with Crippen LogP contribution in [0.5, 0.6) is 5.88 Å². The van der Waals surface area contributed by atoms with Crippen molar-refractivity contribution in [3.8, 4) is 5.88 Å². The molecule has 0 unspecified atom stereocenters. The average Bonchev–Trinajstić information content (AvgIpc) is 2.19. The topological polar surface area (TPSA) is 34.1 Å². The molecule has 0 aliphatic carbocycles. The molecule has 0 amide bonds. The summed E-state index contributed by atoms with van der Waals surface area (Å²) in [6.07, 6.45) is 2.80. The van der Waals surface area contributed by atoms with E-state index in [1.54, 1.807) is 7.11 Å². The van der Waals surface area contributed by atoms with Gasteiger partial charge in [-0.05, 0) is 12.5 Å². The summed E-state index contributed by atoms with van der Waals surface area (Å²) in [7, 11) is 1.61. The van der Waals surface area contributed by atoms with Crippen LogP contribution in [0.1, 0.15) is 6.42 Å². The zero-order chi connectivity index (χ0) is 9.52. The summed E-state index contributed by atoms with van der Waals surface area (Å²) in [5, 5.41) is 3.16. The van der Waals surface area contributed by atoms with Crippen LogP contribution in [-0.2, 0) is 0 Å². The van der Waals surface area contributed by atoms with Gasteiger partial charge in [-0.2, -0.15) is 4.98 Å². The van der Waals surface area contributed by atoms with Crippen molar-refractivity contribution in [3.63, 3.8) is 0 Å². The van der Waals surface area contributed by atoms with Gasteiger partial charge in [-0.1, -0.05) is 12.1 Å². The van der Waals surface area contributed by atoms with E-state index in [9.17, 15) is 0 Å². The number of anilines is 1. The van der Waals surface area contributed by atoms with E-state index in [1.807, 2.05) is 24.3 Å². The Morgan fingerprint density at radius 3 is 3.15 bits per heavy atom. The predicted molar refractivity (Wildman–Crippen MR) is 54.1 cm³/mol. The molecule has 0 spiro atoms. The van der Waals surface area contributed by atoms with Gasteiger partial charge in [-0.15, -0.1) is 6.58 Å². The molecule has 0 bridgehead atoms. The highest BCUT2D eigenvalue weighted by Gasteiger charge is 1.94. The lowest BCUT2D eigenvalue weighted by Crippen LogP contribution is -2.02. The number of nitrogens with one attached hydrogen (secondary N) is 1. The Balaban J connectivity index is 2.50. The van der Waals surface area contributed by atoms with Crippen LogP contribution in [0.4, 0.5) is 5.82 Å². The quantitative estimate of drug-likeness (QED) is 0.553. The minimum Gasteiger partial charge on any atom is -0.481 e. The smallest absolute Gasteiger partial charge is 0.214 e. The van der Waals surface area contributed by atoms with Crippen LogP contribution in [0.25, 0.3) is 0 Å². The molecule has 0 aliphatic heterocycles. The maximum atomic E-state index is 4.99. The second-order valence-corrected chi connectivity index (χ2v) is 2.57. The standard InChI is InChI=1S/C10H14N2O/c1-3-4-8-11-9-6-5-7-10(12-9)13-2/h3,5-7H,1,4,8H2,2H3,(H,11,12). The minimum atomic E-state index is 0.628. The van der Waals surface area contributed by atoms with Crippen LogP contribution in [-0.4, -0.2) is 18.6 Å². The molecule has 3 heteroatoms. The van der Waals surface area contributed by atoms with Crippen LogP contribution in [0.15, 0.2) is 30.9 Å². The molecular weight excluding hydrogens is 164 g/mol. The van der Waals surface area contributed by atoms with E-state index in [2.05, 4.69) is 16.9 Å². The van der Waals surface area contributed by atoms with Crippen LogP contribution >= 0.6 is 0 Å². The van der Waals surface area contributed by atoms with Crippen LogP contribution < -0.4 is 10.1 Å². The summed E-state index contributed by atoms with van der Waals surface area (Å²) >= 11 is 0. The number of ether oxygens (including phenoxy) is 1. The number of rotatable bonds is 5. The fourth-order valence-corrected chi connectivity index (χ4v) is 0.929. The molecular formula is C10H14N2O. The third-order valence-electron chi connectivity index (χ3n) is 1.59. The maximum absolute atomic E-state index is 4.99. The first-order chi connectivity index (χ1) is 6.36. The molecule has 1 aromatic rings. The third-order valence-corrected chi connectivity index (χ3v) is 1.59. The van der Waals surface area contributed by atoms with Crippen molar-refractivity contribution in [1.82, 2.24) is 4.98 Å². The van der Waals surface area contributed by atoms with E-state index in [4.69, 9.17) is 4.74 Å². The zero-order valence-corrected chi connectivity index (χ0v) is 7.79. The van der Waals surface area contributed by atoms with E-state index in [-0.39, 0.29) is 0 Å². The lowest BCUT2D eigenvalue weighted by atomic mass is 10.4. The summed E-state index contributed by atoms with van der Waals surface area (Å²) < 4.78 is 4.99. The molecule has 70 valence electrons. The Hall–Kier alpha value is -1.51. The van der Waals surface area contributed by atoms with Gasteiger partial charge >= 0.3 is 0 Å². The number of hydrogen-bond donors (Lipinski definition) is 1. The van der Waals surface area contributed by atoms with Crippen molar-refractivity contribution in [2.75, 3.05) is 19.0 Å². The van der Waals surface area contributed by atoms with Crippen molar-refractivity contribution in [2.24, 2.45) is 0 Å². The van der Waals surface area contributed by atoms with Gasteiger partial charge in [-0.3, -0.25) is 0 Å². The number of hydrogen-bond acceptors (Lipinski definition) is 3. The summed E-state index contributed by atoms with van der Waals surface area (Å²) in [5.74, 6) is 1.46. The van der Waals surface area contributed by atoms with Gasteiger partial charge in [0.1, 0.15) is 5.82 Å². The Morgan fingerprint density at radius 1 is 1.62 bits per heavy atom. The first-order valence-corrected chi connectivity index (χ1v) is 4.22. The fourth-order valence-electron chi connectivity index (χ4n) is 0.929. The Labute approximate surface area is 78.4 Å². The summed E-state index contributed by atoms with van der Waals surface area (Å²) in [6.45, 7) is 4.49. The molecule has 0 aliphatic rings. The maximum Gasteiger partial charge on any atom is 0.214 e. The van der Waals surface area contributed by atoms with Crippen molar-refractivity contribution in [1.29, 1.82) is 0 Å². The molecule has 0 aromatic carbocycles. The first kappa shape index (κ1) is 9.58. The second kappa shape index (κ2) is 5.19. The van der Waals surface area contributed by atoms with Gasteiger partial charge in [-0.25, -0.2) is 0 Å². The predicted octanol–water partition coefficient (Wildman–Crippen LogP) is 2.08. The van der Waals surface area contributed by atoms with Crippen LogP contribution in [0.3, 0.4) is 0 Å². The molecule has 0 atom stereocenters. The van der Waals surface area contributed by atoms with Gasteiger partial charge in [0.15, 0.2) is 0 Å². The van der Waals surface area contributed by atoms with Crippen molar-refractivity contribution in [3.05, 3.63) is 30.9 Å². The largest absolute Gasteiger partial charge is 0.481 e. The average molecular weight is 178 g/mol. The van der Waals surface area contributed by atoms with E-state index < -0.39 is 0 Å². The highest BCUT2D eigenvalue weighted by atomic mass is 16.5. The monoisotopic (exact) mass is 178 g/mol. The summed E-state index contributed by atoms with van der Waals surface area (Å²) in [6, 6.07) is 5.63. The van der Waals surface area contributed by atoms with E-state index >= 15 is 0 Å². The number of methoxy groups -OCH3 is 1. The van der Waals surface area contributed by atoms with Crippen molar-refractivity contribution >= 4 is 5.82 Å². The summed E-state index contributed by atoms with van der Waals surface area (Å²) in [4.78, 5) is 4.20. The minimum absolute atomic E-state index is 0.628. The molecule has 3 nitrogen and oxygen atoms in total. The van der Waals surface area contributed by atoms with E-state index in [0.717, 1.165) is 18.8 Å². The molecule has 0 radical (unpaired) electrons. The Morgan fingerprint density at radius 2 is 2.46 bits per heavy atom. The van der Waals surface area contributed by atoms with Gasteiger partial charge < -0.3 is 10.1 Å². The zero-order valence-electron chi connectivity index (χ0n) is 7.79. The lowest BCUT2D eigenvalue weighted by Gasteiger charge is -2.04. The summed E-state index contributed by atoms with van der Waals surface area (Å²) in [5.41, 5.74) is 0. The van der Waals surface area contributed by atoms with Crippen LogP contribution in [0, 0.1) is 0 Å².